The number of thiophene rings is 1. The molecule has 26 heavy (non-hydrogen) atoms. The van der Waals surface area contributed by atoms with Gasteiger partial charge in [-0.15, -0.1) is 11.3 Å². The van der Waals surface area contributed by atoms with Gasteiger partial charge in [-0.1, -0.05) is 0 Å². The molecule has 2 atom stereocenters. The summed E-state index contributed by atoms with van der Waals surface area (Å²) in [4.78, 5) is 9.50. The van der Waals surface area contributed by atoms with E-state index in [9.17, 15) is 8.60 Å². The van der Waals surface area contributed by atoms with E-state index in [0.717, 1.165) is 0 Å². The van der Waals surface area contributed by atoms with E-state index < -0.39 is 25.6 Å². The summed E-state index contributed by atoms with van der Waals surface area (Å²) in [5.41, 5.74) is 6.06. The van der Waals surface area contributed by atoms with Crippen LogP contribution in [0.5, 0.6) is 0 Å². The molecular weight excluding hydrogens is 371 g/mol. The molecule has 0 saturated heterocycles. The lowest BCUT2D eigenvalue weighted by Crippen LogP contribution is -2.54. The molecule has 1 aliphatic rings. The minimum Gasteiger partial charge on any atom is -0.386 e. The summed E-state index contributed by atoms with van der Waals surface area (Å²) >= 11 is 1.20. The summed E-state index contributed by atoms with van der Waals surface area (Å²) in [6.45, 7) is 5.22. The van der Waals surface area contributed by atoms with Gasteiger partial charge in [-0.25, -0.2) is 4.39 Å². The van der Waals surface area contributed by atoms with Gasteiger partial charge in [-0.3, -0.25) is 14.2 Å². The number of pyridine rings is 1. The largest absolute Gasteiger partial charge is 0.386 e. The second-order valence-corrected chi connectivity index (χ2v) is 11.1. The number of nitrogens with zero attached hydrogens (tertiary/aromatic N) is 3. The Labute approximate surface area is 156 Å². The highest BCUT2D eigenvalue weighted by molar-refractivity contribution is 8.02. The fourth-order valence-corrected chi connectivity index (χ4v) is 5.99. The molecule has 136 valence electrons. The molecule has 5 nitrogen and oxygen atoms in total. The van der Waals surface area contributed by atoms with Crippen LogP contribution in [-0.2, 0) is 15.1 Å². The van der Waals surface area contributed by atoms with Gasteiger partial charge in [0.05, 0.1) is 15.2 Å². The van der Waals surface area contributed by atoms with Gasteiger partial charge in [0.15, 0.2) is 0 Å². The molecule has 3 heterocycles. The number of rotatable bonds is 2. The molecule has 0 amide bonds. The van der Waals surface area contributed by atoms with Crippen LogP contribution in [0.15, 0.2) is 29.5 Å². The Morgan fingerprint density at radius 2 is 2.08 bits per heavy atom. The zero-order valence-corrected chi connectivity index (χ0v) is 16.4. The van der Waals surface area contributed by atoms with Crippen LogP contribution in [0.25, 0.3) is 10.4 Å². The minimum atomic E-state index is -2.62. The van der Waals surface area contributed by atoms with Gasteiger partial charge in [-0.05, 0) is 48.3 Å². The molecule has 1 unspecified atom stereocenters. The second kappa shape index (κ2) is 5.89. The van der Waals surface area contributed by atoms with Crippen molar-refractivity contribution < 1.29 is 8.60 Å². The SMILES string of the molecule is C=S1(=O)C[C@@](C)(c2sc(-c3cncc(C#N)c3)cc2F)N=C(N)C1(C)C. The van der Waals surface area contributed by atoms with Crippen LogP contribution >= 0.6 is 11.3 Å². The van der Waals surface area contributed by atoms with Crippen molar-refractivity contribution in [2.45, 2.75) is 31.1 Å². The predicted molar refractivity (Wildman–Crippen MR) is 105 cm³/mol. The number of hydrogen-bond donors (Lipinski definition) is 1. The van der Waals surface area contributed by atoms with E-state index in [1.165, 1.54) is 23.6 Å². The van der Waals surface area contributed by atoms with E-state index >= 15 is 0 Å². The van der Waals surface area contributed by atoms with Crippen molar-refractivity contribution in [1.29, 1.82) is 5.26 Å². The lowest BCUT2D eigenvalue weighted by Gasteiger charge is -2.40. The van der Waals surface area contributed by atoms with E-state index in [1.54, 1.807) is 33.0 Å². The first-order valence-corrected chi connectivity index (χ1v) is 10.6. The lowest BCUT2D eigenvalue weighted by atomic mass is 10.0. The fourth-order valence-electron chi connectivity index (χ4n) is 2.89. The van der Waals surface area contributed by atoms with Gasteiger partial charge < -0.3 is 5.73 Å². The van der Waals surface area contributed by atoms with Crippen molar-refractivity contribution in [1.82, 2.24) is 4.98 Å². The van der Waals surface area contributed by atoms with E-state index in [-0.39, 0.29) is 11.6 Å². The van der Waals surface area contributed by atoms with Crippen LogP contribution < -0.4 is 5.73 Å². The van der Waals surface area contributed by atoms with Crippen LogP contribution in [0.2, 0.25) is 0 Å². The van der Waals surface area contributed by atoms with Crippen molar-refractivity contribution in [3.63, 3.8) is 0 Å². The smallest absolute Gasteiger partial charge is 0.140 e. The standard InChI is InChI=1S/C18H19FN4OS2/c1-17(2)16(21)23-18(3,10-26(17,4)24)15-13(19)6-14(25-15)12-5-11(7-20)8-22-9-12/h5-6,8-9H,4,10H2,1-3H3,(H2,21,23)/t18-,26?/m0/s1. The van der Waals surface area contributed by atoms with Crippen molar-refractivity contribution in [3.8, 4) is 16.5 Å². The van der Waals surface area contributed by atoms with Gasteiger partial charge >= 0.3 is 0 Å². The highest BCUT2D eigenvalue weighted by atomic mass is 32.2. The van der Waals surface area contributed by atoms with Gasteiger partial charge in [0.25, 0.3) is 0 Å². The van der Waals surface area contributed by atoms with Gasteiger partial charge in [-0.2, -0.15) is 5.26 Å². The molecule has 0 aromatic carbocycles. The third kappa shape index (κ3) is 2.81. The molecule has 8 heteroatoms. The first-order valence-electron chi connectivity index (χ1n) is 7.86. The zero-order chi connectivity index (χ0) is 19.3. The van der Waals surface area contributed by atoms with Crippen molar-refractivity contribution in [2.24, 2.45) is 10.7 Å². The predicted octanol–water partition coefficient (Wildman–Crippen LogP) is 2.90. The van der Waals surface area contributed by atoms with E-state index in [0.29, 0.717) is 20.9 Å². The number of aromatic nitrogens is 1. The molecule has 3 rings (SSSR count). The average molecular weight is 391 g/mol. The number of nitrogens with two attached hydrogens (primary N) is 1. The summed E-state index contributed by atoms with van der Waals surface area (Å²) in [5, 5.41) is 9.02. The highest BCUT2D eigenvalue weighted by Crippen LogP contribution is 2.43. The Kier molecular flexibility index (Phi) is 4.20. The van der Waals surface area contributed by atoms with Crippen LogP contribution in [0.3, 0.4) is 0 Å². The van der Waals surface area contributed by atoms with Crippen molar-refractivity contribution >= 4 is 32.6 Å². The quantitative estimate of drug-likeness (QED) is 0.798. The van der Waals surface area contributed by atoms with Crippen LogP contribution in [0, 0.1) is 17.1 Å². The molecule has 0 saturated carbocycles. The number of nitriles is 1. The Morgan fingerprint density at radius 3 is 2.69 bits per heavy atom. The van der Waals surface area contributed by atoms with E-state index in [2.05, 4.69) is 15.8 Å². The Hall–Kier alpha value is -2.24. The Bertz CT molecular complexity index is 1060. The highest BCUT2D eigenvalue weighted by Gasteiger charge is 2.46. The molecule has 1 aliphatic heterocycles. The fraction of sp³-hybridized carbons (Fsp3) is 0.333. The lowest BCUT2D eigenvalue weighted by molar-refractivity contribution is 0.506. The molecule has 0 radical (unpaired) electrons. The van der Waals surface area contributed by atoms with E-state index in [4.69, 9.17) is 11.0 Å². The second-order valence-electron chi connectivity index (χ2n) is 7.10. The third-order valence-corrected chi connectivity index (χ3v) is 9.27. The Balaban J connectivity index is 2.13. The molecule has 2 aromatic rings. The topological polar surface area (TPSA) is 92.1 Å². The molecule has 0 fully saturated rings. The molecule has 2 aromatic heterocycles. The first kappa shape index (κ1) is 18.5. The maximum Gasteiger partial charge on any atom is 0.140 e. The zero-order valence-electron chi connectivity index (χ0n) is 14.7. The Morgan fingerprint density at radius 1 is 1.38 bits per heavy atom. The normalized spacial score (nSPS) is 27.6. The maximum absolute atomic E-state index is 14.8. The third-order valence-electron chi connectivity index (χ3n) is 4.76. The summed E-state index contributed by atoms with van der Waals surface area (Å²) in [6, 6.07) is 5.06. The molecular formula is C18H19FN4OS2. The van der Waals surface area contributed by atoms with Crippen molar-refractivity contribution in [2.75, 3.05) is 5.75 Å². The number of hydrogen-bond acceptors (Lipinski definition) is 6. The van der Waals surface area contributed by atoms with Gasteiger partial charge in [0, 0.05) is 28.6 Å². The number of halogens is 1. The van der Waals surface area contributed by atoms with Crippen molar-refractivity contribution in [3.05, 3.63) is 40.8 Å². The monoisotopic (exact) mass is 390 g/mol. The molecule has 2 N–H and O–H groups in total. The summed E-state index contributed by atoms with van der Waals surface area (Å²) in [7, 11) is -2.62. The van der Waals surface area contributed by atoms with Gasteiger partial charge in [0.2, 0.25) is 0 Å². The summed E-state index contributed by atoms with van der Waals surface area (Å²) in [5.74, 6) is 3.76. The number of amidine groups is 1. The average Bonchev–Trinajstić information content (AvgIpc) is 2.95. The summed E-state index contributed by atoms with van der Waals surface area (Å²) < 4.78 is 27.0. The summed E-state index contributed by atoms with van der Waals surface area (Å²) in [6.07, 6.45) is 3.02. The molecule has 0 aliphatic carbocycles. The van der Waals surface area contributed by atoms with Crippen LogP contribution in [0.4, 0.5) is 4.39 Å². The van der Waals surface area contributed by atoms with Crippen LogP contribution in [-0.4, -0.2) is 31.4 Å². The van der Waals surface area contributed by atoms with Gasteiger partial charge in [0.1, 0.15) is 23.3 Å². The first-order chi connectivity index (χ1) is 12.0. The minimum absolute atomic E-state index is 0.112. The molecule has 0 spiro atoms. The van der Waals surface area contributed by atoms with E-state index in [1.807, 2.05) is 6.07 Å². The van der Waals surface area contributed by atoms with Crippen LogP contribution in [0.1, 0.15) is 31.2 Å². The maximum atomic E-state index is 14.8. The number of aliphatic imine (C=N–C) groups is 1. The molecule has 0 bridgehead atoms.